The SMILES string of the molecule is CNC1CCCN(c2nc3ccc(C)cn3n2)C1. The van der Waals surface area contributed by atoms with Gasteiger partial charge in [-0.3, -0.25) is 0 Å². The standard InChI is InChI=1S/C13H19N5/c1-10-5-6-12-15-13(16-18(12)8-10)17-7-3-4-11(9-17)14-2/h5-6,8,11,14H,3-4,7,9H2,1-2H3. The molecule has 0 radical (unpaired) electrons. The molecule has 0 saturated carbocycles. The average Bonchev–Trinajstić information content (AvgIpc) is 2.81. The predicted octanol–water partition coefficient (Wildman–Crippen LogP) is 1.23. The molecule has 2 aromatic rings. The number of nitrogens with zero attached hydrogens (tertiary/aromatic N) is 4. The second-order valence-electron chi connectivity index (χ2n) is 4.99. The Balaban J connectivity index is 1.89. The zero-order valence-corrected chi connectivity index (χ0v) is 10.9. The minimum atomic E-state index is 0.548. The van der Waals surface area contributed by atoms with E-state index < -0.39 is 0 Å². The summed E-state index contributed by atoms with van der Waals surface area (Å²) in [6.07, 6.45) is 4.45. The number of piperidine rings is 1. The van der Waals surface area contributed by atoms with Crippen LogP contribution in [0.4, 0.5) is 5.95 Å². The maximum Gasteiger partial charge on any atom is 0.245 e. The zero-order valence-electron chi connectivity index (χ0n) is 10.9. The molecule has 3 rings (SSSR count). The molecular weight excluding hydrogens is 226 g/mol. The number of aryl methyl sites for hydroxylation is 1. The second kappa shape index (κ2) is 4.57. The number of aromatic nitrogens is 3. The molecule has 0 bridgehead atoms. The Hall–Kier alpha value is -1.62. The Bertz CT molecular complexity index is 547. The van der Waals surface area contributed by atoms with Crippen molar-refractivity contribution in [1.29, 1.82) is 0 Å². The highest BCUT2D eigenvalue weighted by Gasteiger charge is 2.21. The highest BCUT2D eigenvalue weighted by atomic mass is 15.4. The molecule has 2 aromatic heterocycles. The van der Waals surface area contributed by atoms with E-state index in [-0.39, 0.29) is 0 Å². The van der Waals surface area contributed by atoms with E-state index in [4.69, 9.17) is 0 Å². The van der Waals surface area contributed by atoms with Gasteiger partial charge in [-0.2, -0.15) is 4.98 Å². The summed E-state index contributed by atoms with van der Waals surface area (Å²) in [6, 6.07) is 4.64. The minimum Gasteiger partial charge on any atom is -0.338 e. The van der Waals surface area contributed by atoms with Crippen LogP contribution in [-0.4, -0.2) is 40.8 Å². The molecule has 1 unspecified atom stereocenters. The summed E-state index contributed by atoms with van der Waals surface area (Å²) in [5.41, 5.74) is 2.12. The number of pyridine rings is 1. The molecule has 3 heterocycles. The summed E-state index contributed by atoms with van der Waals surface area (Å²) in [5.74, 6) is 0.848. The van der Waals surface area contributed by atoms with E-state index in [0.717, 1.165) is 24.7 Å². The molecular formula is C13H19N5. The van der Waals surface area contributed by atoms with Gasteiger partial charge >= 0.3 is 0 Å². The number of fused-ring (bicyclic) bond motifs is 1. The molecule has 0 spiro atoms. The van der Waals surface area contributed by atoms with Crippen LogP contribution in [0, 0.1) is 6.92 Å². The van der Waals surface area contributed by atoms with Gasteiger partial charge in [-0.15, -0.1) is 5.10 Å². The molecule has 0 aromatic carbocycles. The van der Waals surface area contributed by atoms with Crippen LogP contribution in [-0.2, 0) is 0 Å². The topological polar surface area (TPSA) is 45.5 Å². The molecule has 96 valence electrons. The quantitative estimate of drug-likeness (QED) is 0.864. The number of hydrogen-bond acceptors (Lipinski definition) is 4. The summed E-state index contributed by atoms with van der Waals surface area (Å²) in [7, 11) is 2.02. The number of nitrogens with one attached hydrogen (secondary N) is 1. The maximum atomic E-state index is 4.60. The van der Waals surface area contributed by atoms with Gasteiger partial charge in [0, 0.05) is 25.3 Å². The van der Waals surface area contributed by atoms with E-state index in [9.17, 15) is 0 Å². The highest BCUT2D eigenvalue weighted by Crippen LogP contribution is 2.17. The van der Waals surface area contributed by atoms with E-state index in [1.54, 1.807) is 0 Å². The molecule has 0 aliphatic carbocycles. The molecule has 5 nitrogen and oxygen atoms in total. The Morgan fingerprint density at radius 3 is 3.11 bits per heavy atom. The van der Waals surface area contributed by atoms with Gasteiger partial charge in [0.2, 0.25) is 5.95 Å². The zero-order chi connectivity index (χ0) is 12.5. The van der Waals surface area contributed by atoms with Crippen molar-refractivity contribution in [2.75, 3.05) is 25.0 Å². The maximum absolute atomic E-state index is 4.60. The van der Waals surface area contributed by atoms with Crippen molar-refractivity contribution in [2.24, 2.45) is 0 Å². The summed E-state index contributed by atoms with van der Waals surface area (Å²) < 4.78 is 1.87. The van der Waals surface area contributed by atoms with Crippen LogP contribution >= 0.6 is 0 Å². The average molecular weight is 245 g/mol. The van der Waals surface area contributed by atoms with Crippen molar-refractivity contribution in [3.05, 3.63) is 23.9 Å². The second-order valence-corrected chi connectivity index (χ2v) is 4.99. The summed E-state index contributed by atoms with van der Waals surface area (Å²) >= 11 is 0. The van der Waals surface area contributed by atoms with Crippen molar-refractivity contribution in [1.82, 2.24) is 19.9 Å². The first kappa shape index (κ1) is 11.5. The van der Waals surface area contributed by atoms with E-state index in [2.05, 4.69) is 33.3 Å². The van der Waals surface area contributed by atoms with Crippen LogP contribution in [0.15, 0.2) is 18.3 Å². The lowest BCUT2D eigenvalue weighted by atomic mass is 10.1. The molecule has 1 aliphatic heterocycles. The number of anilines is 1. The van der Waals surface area contributed by atoms with Gasteiger partial charge in [-0.25, -0.2) is 4.52 Å². The van der Waals surface area contributed by atoms with Crippen LogP contribution < -0.4 is 10.2 Å². The van der Waals surface area contributed by atoms with Gasteiger partial charge in [-0.05, 0) is 38.4 Å². The Kier molecular flexibility index (Phi) is 2.91. The molecule has 1 aliphatic rings. The number of hydrogen-bond donors (Lipinski definition) is 1. The van der Waals surface area contributed by atoms with E-state index in [1.807, 2.05) is 23.8 Å². The molecule has 1 fully saturated rings. The van der Waals surface area contributed by atoms with Gasteiger partial charge in [0.1, 0.15) is 0 Å². The Morgan fingerprint density at radius 1 is 1.39 bits per heavy atom. The lowest BCUT2D eigenvalue weighted by Crippen LogP contribution is -2.44. The van der Waals surface area contributed by atoms with Crippen LogP contribution in [0.5, 0.6) is 0 Å². The first-order valence-electron chi connectivity index (χ1n) is 6.51. The lowest BCUT2D eigenvalue weighted by molar-refractivity contribution is 0.445. The fourth-order valence-corrected chi connectivity index (χ4v) is 2.50. The van der Waals surface area contributed by atoms with Crippen LogP contribution in [0.2, 0.25) is 0 Å². The Morgan fingerprint density at radius 2 is 2.28 bits per heavy atom. The van der Waals surface area contributed by atoms with E-state index >= 15 is 0 Å². The van der Waals surface area contributed by atoms with Gasteiger partial charge in [0.15, 0.2) is 5.65 Å². The molecule has 1 saturated heterocycles. The number of rotatable bonds is 2. The third-order valence-electron chi connectivity index (χ3n) is 3.58. The molecule has 1 N–H and O–H groups in total. The van der Waals surface area contributed by atoms with Gasteiger partial charge in [-0.1, -0.05) is 6.07 Å². The molecule has 1 atom stereocenters. The van der Waals surface area contributed by atoms with Gasteiger partial charge < -0.3 is 10.2 Å². The van der Waals surface area contributed by atoms with Crippen LogP contribution in [0.25, 0.3) is 5.65 Å². The fraction of sp³-hybridized carbons (Fsp3) is 0.538. The van der Waals surface area contributed by atoms with Crippen LogP contribution in [0.1, 0.15) is 18.4 Å². The Labute approximate surface area is 107 Å². The third-order valence-corrected chi connectivity index (χ3v) is 3.58. The summed E-state index contributed by atoms with van der Waals surface area (Å²) in [4.78, 5) is 6.87. The molecule has 5 heteroatoms. The van der Waals surface area contributed by atoms with Crippen molar-refractivity contribution in [2.45, 2.75) is 25.8 Å². The predicted molar refractivity (Wildman–Crippen MR) is 72.0 cm³/mol. The fourth-order valence-electron chi connectivity index (χ4n) is 2.50. The van der Waals surface area contributed by atoms with Crippen molar-refractivity contribution in [3.63, 3.8) is 0 Å². The summed E-state index contributed by atoms with van der Waals surface area (Å²) in [6.45, 7) is 4.11. The lowest BCUT2D eigenvalue weighted by Gasteiger charge is -2.31. The molecule has 0 amide bonds. The van der Waals surface area contributed by atoms with Crippen molar-refractivity contribution in [3.8, 4) is 0 Å². The largest absolute Gasteiger partial charge is 0.338 e. The molecule has 18 heavy (non-hydrogen) atoms. The van der Waals surface area contributed by atoms with Crippen LogP contribution in [0.3, 0.4) is 0 Å². The normalized spacial score (nSPS) is 20.6. The number of likely N-dealkylation sites (N-methyl/N-ethyl adjacent to an activating group) is 1. The van der Waals surface area contributed by atoms with E-state index in [1.165, 1.54) is 18.4 Å². The van der Waals surface area contributed by atoms with Crippen molar-refractivity contribution < 1.29 is 0 Å². The first-order valence-corrected chi connectivity index (χ1v) is 6.51. The smallest absolute Gasteiger partial charge is 0.245 e. The third kappa shape index (κ3) is 2.06. The van der Waals surface area contributed by atoms with Crippen molar-refractivity contribution >= 4 is 11.6 Å². The van der Waals surface area contributed by atoms with Gasteiger partial charge in [0.25, 0.3) is 0 Å². The highest BCUT2D eigenvalue weighted by molar-refractivity contribution is 5.45. The summed E-state index contributed by atoms with van der Waals surface area (Å²) in [5, 5.41) is 7.91. The van der Waals surface area contributed by atoms with E-state index in [0.29, 0.717) is 6.04 Å². The minimum absolute atomic E-state index is 0.548. The first-order chi connectivity index (χ1) is 8.76. The monoisotopic (exact) mass is 245 g/mol. The van der Waals surface area contributed by atoms with Gasteiger partial charge in [0.05, 0.1) is 0 Å².